The summed E-state index contributed by atoms with van der Waals surface area (Å²) >= 11 is 6.04. The van der Waals surface area contributed by atoms with Crippen molar-refractivity contribution in [3.63, 3.8) is 0 Å². The Bertz CT molecular complexity index is 701. The number of carbonyl (C=O) groups excluding carboxylic acids is 1. The average Bonchev–Trinajstić information content (AvgIpc) is 2.58. The summed E-state index contributed by atoms with van der Waals surface area (Å²) in [6, 6.07) is 14.9. The van der Waals surface area contributed by atoms with Crippen LogP contribution >= 0.6 is 11.6 Å². The van der Waals surface area contributed by atoms with Gasteiger partial charge < -0.3 is 14.8 Å². The molecule has 0 atom stereocenters. The van der Waals surface area contributed by atoms with Gasteiger partial charge in [0.1, 0.15) is 0 Å². The maximum absolute atomic E-state index is 12.1. The minimum atomic E-state index is -0.231. The topological polar surface area (TPSA) is 47.6 Å². The van der Waals surface area contributed by atoms with E-state index in [-0.39, 0.29) is 17.9 Å². The molecule has 0 spiro atoms. The zero-order chi connectivity index (χ0) is 17.6. The van der Waals surface area contributed by atoms with E-state index in [2.05, 4.69) is 19.2 Å². The number of hydrogen-bond acceptors (Lipinski definition) is 3. The van der Waals surface area contributed by atoms with Gasteiger partial charge in [-0.3, -0.25) is 4.79 Å². The third-order valence-corrected chi connectivity index (χ3v) is 4.00. The summed E-state index contributed by atoms with van der Waals surface area (Å²) in [4.78, 5) is 12.1. The number of para-hydroxylation sites is 2. The van der Waals surface area contributed by atoms with Gasteiger partial charge in [0.05, 0.1) is 7.11 Å². The van der Waals surface area contributed by atoms with Crippen molar-refractivity contribution < 1.29 is 14.3 Å². The Kier molecular flexibility index (Phi) is 6.10. The molecule has 5 heteroatoms. The van der Waals surface area contributed by atoms with Gasteiger partial charge in [-0.2, -0.15) is 0 Å². The predicted octanol–water partition coefficient (Wildman–Crippen LogP) is 3.82. The molecular weight excluding hydrogens is 326 g/mol. The highest BCUT2D eigenvalue weighted by atomic mass is 35.5. The molecule has 0 fully saturated rings. The van der Waals surface area contributed by atoms with Gasteiger partial charge in [-0.05, 0) is 29.8 Å². The minimum Gasteiger partial charge on any atom is -0.493 e. The lowest BCUT2D eigenvalue weighted by molar-refractivity contribution is -0.123. The number of benzene rings is 2. The van der Waals surface area contributed by atoms with Crippen LogP contribution in [0.3, 0.4) is 0 Å². The molecule has 0 aliphatic rings. The van der Waals surface area contributed by atoms with Crippen LogP contribution in [0, 0.1) is 0 Å². The molecule has 0 aliphatic carbocycles. The van der Waals surface area contributed by atoms with Crippen molar-refractivity contribution in [3.05, 3.63) is 59.1 Å². The second kappa shape index (κ2) is 8.06. The molecule has 0 bridgehead atoms. The molecule has 2 rings (SSSR count). The maximum Gasteiger partial charge on any atom is 0.257 e. The lowest BCUT2D eigenvalue weighted by atomic mass is 9.84. The van der Waals surface area contributed by atoms with Gasteiger partial charge in [0.2, 0.25) is 0 Å². The molecular formula is C19H22ClNO3. The number of hydrogen-bond donors (Lipinski definition) is 1. The third kappa shape index (κ3) is 4.90. The Balaban J connectivity index is 1.88. The van der Waals surface area contributed by atoms with E-state index in [0.717, 1.165) is 5.56 Å². The summed E-state index contributed by atoms with van der Waals surface area (Å²) in [6.07, 6.45) is 0. The Hall–Kier alpha value is -2.20. The lowest BCUT2D eigenvalue weighted by Crippen LogP contribution is -2.38. The van der Waals surface area contributed by atoms with E-state index in [1.807, 2.05) is 36.4 Å². The maximum atomic E-state index is 12.1. The molecule has 0 saturated carbocycles. The van der Waals surface area contributed by atoms with Gasteiger partial charge in [-0.25, -0.2) is 0 Å². The van der Waals surface area contributed by atoms with Crippen LogP contribution < -0.4 is 14.8 Å². The SMILES string of the molecule is COc1ccccc1OCC(=O)NCC(C)(C)c1cccc(Cl)c1. The summed E-state index contributed by atoms with van der Waals surface area (Å²) in [7, 11) is 1.57. The predicted molar refractivity (Wildman–Crippen MR) is 96.0 cm³/mol. The number of rotatable bonds is 7. The molecule has 1 amide bonds. The van der Waals surface area contributed by atoms with Gasteiger partial charge in [-0.15, -0.1) is 0 Å². The Morgan fingerprint density at radius 2 is 1.83 bits per heavy atom. The third-order valence-electron chi connectivity index (χ3n) is 3.76. The van der Waals surface area contributed by atoms with Gasteiger partial charge in [0.15, 0.2) is 18.1 Å². The molecule has 1 N–H and O–H groups in total. The van der Waals surface area contributed by atoms with E-state index < -0.39 is 0 Å². The molecule has 0 aromatic heterocycles. The van der Waals surface area contributed by atoms with Crippen LogP contribution in [0.2, 0.25) is 5.02 Å². The van der Waals surface area contributed by atoms with Crippen molar-refractivity contribution in [3.8, 4) is 11.5 Å². The molecule has 0 heterocycles. The van der Waals surface area contributed by atoms with Crippen molar-refractivity contribution in [2.24, 2.45) is 0 Å². The number of ether oxygens (including phenoxy) is 2. The van der Waals surface area contributed by atoms with Crippen molar-refractivity contribution in [1.29, 1.82) is 0 Å². The largest absolute Gasteiger partial charge is 0.493 e. The van der Waals surface area contributed by atoms with E-state index in [0.29, 0.717) is 23.1 Å². The second-order valence-corrected chi connectivity index (χ2v) is 6.55. The smallest absolute Gasteiger partial charge is 0.257 e. The summed E-state index contributed by atoms with van der Waals surface area (Å²) in [5.41, 5.74) is 0.839. The van der Waals surface area contributed by atoms with Crippen LogP contribution in [0.25, 0.3) is 0 Å². The van der Waals surface area contributed by atoms with Crippen molar-refractivity contribution >= 4 is 17.5 Å². The number of halogens is 1. The normalized spacial score (nSPS) is 11.0. The molecule has 128 valence electrons. The summed E-state index contributed by atoms with van der Waals surface area (Å²) in [5.74, 6) is 0.963. The van der Waals surface area contributed by atoms with Crippen LogP contribution in [0.15, 0.2) is 48.5 Å². The molecule has 2 aromatic carbocycles. The summed E-state index contributed by atoms with van der Waals surface area (Å²) in [6.45, 7) is 4.54. The second-order valence-electron chi connectivity index (χ2n) is 6.11. The van der Waals surface area contributed by atoms with Gasteiger partial charge >= 0.3 is 0 Å². The number of amides is 1. The molecule has 2 aromatic rings. The van der Waals surface area contributed by atoms with Crippen molar-refractivity contribution in [2.75, 3.05) is 20.3 Å². The fourth-order valence-electron chi connectivity index (χ4n) is 2.26. The fraction of sp³-hybridized carbons (Fsp3) is 0.316. The quantitative estimate of drug-likeness (QED) is 0.828. The molecule has 0 saturated heterocycles. The van der Waals surface area contributed by atoms with Crippen LogP contribution in [0.1, 0.15) is 19.4 Å². The van der Waals surface area contributed by atoms with E-state index in [1.54, 1.807) is 19.2 Å². The Labute approximate surface area is 147 Å². The first-order valence-electron chi connectivity index (χ1n) is 7.71. The van der Waals surface area contributed by atoms with Crippen LogP contribution in [-0.4, -0.2) is 26.2 Å². The van der Waals surface area contributed by atoms with E-state index in [4.69, 9.17) is 21.1 Å². The summed E-state index contributed by atoms with van der Waals surface area (Å²) in [5, 5.41) is 3.59. The first-order chi connectivity index (χ1) is 11.4. The molecule has 4 nitrogen and oxygen atoms in total. The highest BCUT2D eigenvalue weighted by Gasteiger charge is 2.21. The highest BCUT2D eigenvalue weighted by Crippen LogP contribution is 2.26. The lowest BCUT2D eigenvalue weighted by Gasteiger charge is -2.26. The van der Waals surface area contributed by atoms with Crippen molar-refractivity contribution in [1.82, 2.24) is 5.32 Å². The standard InChI is InChI=1S/C19H22ClNO3/c1-19(2,14-7-6-8-15(20)11-14)13-21-18(22)12-24-17-10-5-4-9-16(17)23-3/h4-11H,12-13H2,1-3H3,(H,21,22). The summed E-state index contributed by atoms with van der Waals surface area (Å²) < 4.78 is 10.7. The van der Waals surface area contributed by atoms with E-state index in [1.165, 1.54) is 0 Å². The monoisotopic (exact) mass is 347 g/mol. The number of carbonyl (C=O) groups is 1. The van der Waals surface area contributed by atoms with Gasteiger partial charge in [-0.1, -0.05) is 49.7 Å². The van der Waals surface area contributed by atoms with Gasteiger partial charge in [0.25, 0.3) is 5.91 Å². The minimum absolute atomic E-state index is 0.0635. The van der Waals surface area contributed by atoms with Crippen molar-refractivity contribution in [2.45, 2.75) is 19.3 Å². The zero-order valence-corrected chi connectivity index (χ0v) is 14.9. The Morgan fingerprint density at radius 3 is 2.50 bits per heavy atom. The highest BCUT2D eigenvalue weighted by molar-refractivity contribution is 6.30. The average molecular weight is 348 g/mol. The van der Waals surface area contributed by atoms with E-state index in [9.17, 15) is 4.79 Å². The van der Waals surface area contributed by atoms with Crippen LogP contribution in [0.5, 0.6) is 11.5 Å². The number of methoxy groups -OCH3 is 1. The Morgan fingerprint density at radius 1 is 1.12 bits per heavy atom. The number of nitrogens with one attached hydrogen (secondary N) is 1. The zero-order valence-electron chi connectivity index (χ0n) is 14.1. The molecule has 0 radical (unpaired) electrons. The van der Waals surface area contributed by atoms with Gasteiger partial charge in [0, 0.05) is 17.0 Å². The molecule has 0 aliphatic heterocycles. The first-order valence-corrected chi connectivity index (χ1v) is 8.09. The first kappa shape index (κ1) is 18.1. The molecule has 24 heavy (non-hydrogen) atoms. The molecule has 0 unspecified atom stereocenters. The fourth-order valence-corrected chi connectivity index (χ4v) is 2.45. The van der Waals surface area contributed by atoms with Crippen LogP contribution in [-0.2, 0) is 10.2 Å². The van der Waals surface area contributed by atoms with Crippen LogP contribution in [0.4, 0.5) is 0 Å². The van der Waals surface area contributed by atoms with E-state index >= 15 is 0 Å².